The van der Waals surface area contributed by atoms with Crippen LogP contribution in [0.1, 0.15) is 22.1 Å². The molecule has 90 valence electrons. The van der Waals surface area contributed by atoms with Crippen molar-refractivity contribution in [3.8, 4) is 0 Å². The van der Waals surface area contributed by atoms with E-state index < -0.39 is 6.10 Å². The zero-order valence-corrected chi connectivity index (χ0v) is 12.9. The number of aliphatic hydroxyl groups is 1. The minimum absolute atomic E-state index is 0.367. The Morgan fingerprint density at radius 3 is 2.53 bits per heavy atom. The number of hydrogen-bond donors (Lipinski definition) is 1. The molecule has 0 bridgehead atoms. The molecule has 0 saturated heterocycles. The number of halogens is 3. The third kappa shape index (κ3) is 2.78. The smallest absolute Gasteiger partial charge is 0.137 e. The molecule has 5 heteroatoms. The maximum atomic E-state index is 13.4. The molecular weight excluding hydrogens is 371 g/mol. The second-order valence-electron chi connectivity index (χ2n) is 3.68. The largest absolute Gasteiger partial charge is 0.383 e. The number of aliphatic hydroxyl groups excluding tert-OH is 1. The fourth-order valence-electron chi connectivity index (χ4n) is 1.47. The van der Waals surface area contributed by atoms with Crippen LogP contribution in [0.2, 0.25) is 0 Å². The van der Waals surface area contributed by atoms with Crippen LogP contribution >= 0.6 is 43.2 Å². The van der Waals surface area contributed by atoms with Crippen LogP contribution in [0.4, 0.5) is 4.39 Å². The van der Waals surface area contributed by atoms with Crippen molar-refractivity contribution in [2.75, 3.05) is 0 Å². The molecule has 1 nitrogen and oxygen atoms in total. The van der Waals surface area contributed by atoms with Gasteiger partial charge in [-0.25, -0.2) is 4.39 Å². The lowest BCUT2D eigenvalue weighted by atomic mass is 10.1. The Bertz CT molecular complexity index is 534. The predicted molar refractivity (Wildman–Crippen MR) is 74.9 cm³/mol. The molecule has 1 aromatic carbocycles. The summed E-state index contributed by atoms with van der Waals surface area (Å²) in [5.41, 5.74) is 1.63. The number of hydrogen-bond acceptors (Lipinski definition) is 2. The number of aryl methyl sites for hydroxylation is 1. The van der Waals surface area contributed by atoms with Gasteiger partial charge in [0.2, 0.25) is 0 Å². The zero-order valence-electron chi connectivity index (χ0n) is 8.88. The van der Waals surface area contributed by atoms with Gasteiger partial charge in [0, 0.05) is 4.88 Å². The Hall–Kier alpha value is -0.230. The molecule has 0 saturated carbocycles. The van der Waals surface area contributed by atoms with Gasteiger partial charge in [-0.3, -0.25) is 0 Å². The van der Waals surface area contributed by atoms with E-state index in [0.29, 0.717) is 10.0 Å². The third-order valence-electron chi connectivity index (χ3n) is 2.41. The SMILES string of the molecule is Cc1cc(C(O)c2ccc(Br)c(F)c2)sc1Br. The quantitative estimate of drug-likeness (QED) is 0.794. The van der Waals surface area contributed by atoms with Gasteiger partial charge in [-0.05, 0) is 68.1 Å². The van der Waals surface area contributed by atoms with Crippen LogP contribution in [-0.4, -0.2) is 5.11 Å². The monoisotopic (exact) mass is 378 g/mol. The number of thiophene rings is 1. The first-order chi connectivity index (χ1) is 7.99. The first-order valence-corrected chi connectivity index (χ1v) is 7.28. The zero-order chi connectivity index (χ0) is 12.6. The average Bonchev–Trinajstić information content (AvgIpc) is 2.62. The summed E-state index contributed by atoms with van der Waals surface area (Å²) >= 11 is 7.96. The highest BCUT2D eigenvalue weighted by Crippen LogP contribution is 2.34. The van der Waals surface area contributed by atoms with Gasteiger partial charge in [0.1, 0.15) is 11.9 Å². The second-order valence-corrected chi connectivity index (χ2v) is 6.94. The van der Waals surface area contributed by atoms with E-state index in [4.69, 9.17) is 0 Å². The molecule has 0 aliphatic rings. The van der Waals surface area contributed by atoms with E-state index in [1.165, 1.54) is 17.4 Å². The molecule has 0 aliphatic heterocycles. The highest BCUT2D eigenvalue weighted by Gasteiger charge is 2.15. The Morgan fingerprint density at radius 2 is 2.00 bits per heavy atom. The van der Waals surface area contributed by atoms with Crippen LogP contribution in [0, 0.1) is 12.7 Å². The minimum Gasteiger partial charge on any atom is -0.383 e. The van der Waals surface area contributed by atoms with Gasteiger partial charge in [-0.2, -0.15) is 0 Å². The van der Waals surface area contributed by atoms with Crippen LogP contribution < -0.4 is 0 Å². The van der Waals surface area contributed by atoms with E-state index in [2.05, 4.69) is 31.9 Å². The highest BCUT2D eigenvalue weighted by molar-refractivity contribution is 9.11. The Balaban J connectivity index is 2.36. The van der Waals surface area contributed by atoms with Gasteiger partial charge < -0.3 is 5.11 Å². The molecule has 1 heterocycles. The summed E-state index contributed by atoms with van der Waals surface area (Å²) in [6.07, 6.45) is -0.785. The average molecular weight is 380 g/mol. The van der Waals surface area contributed by atoms with Gasteiger partial charge in [-0.15, -0.1) is 11.3 Å². The summed E-state index contributed by atoms with van der Waals surface area (Å²) < 4.78 is 14.8. The van der Waals surface area contributed by atoms with E-state index in [9.17, 15) is 9.50 Å². The Kier molecular flexibility index (Phi) is 4.02. The molecule has 17 heavy (non-hydrogen) atoms. The standard InChI is InChI=1S/C12H9Br2FOS/c1-6-4-10(17-12(6)14)11(16)7-2-3-8(13)9(15)5-7/h2-5,11,16H,1H3. The van der Waals surface area contributed by atoms with Crippen LogP contribution in [0.15, 0.2) is 32.5 Å². The van der Waals surface area contributed by atoms with Gasteiger partial charge in [0.05, 0.1) is 8.26 Å². The van der Waals surface area contributed by atoms with Gasteiger partial charge in [0.25, 0.3) is 0 Å². The number of benzene rings is 1. The highest BCUT2D eigenvalue weighted by atomic mass is 79.9. The van der Waals surface area contributed by atoms with E-state index >= 15 is 0 Å². The topological polar surface area (TPSA) is 20.2 Å². The molecule has 2 aromatic rings. The van der Waals surface area contributed by atoms with Crippen molar-refractivity contribution in [1.29, 1.82) is 0 Å². The summed E-state index contributed by atoms with van der Waals surface area (Å²) in [5.74, 6) is -0.367. The summed E-state index contributed by atoms with van der Waals surface area (Å²) in [7, 11) is 0. The normalized spacial score (nSPS) is 12.8. The summed E-state index contributed by atoms with van der Waals surface area (Å²) in [6.45, 7) is 1.96. The lowest BCUT2D eigenvalue weighted by molar-refractivity contribution is 0.223. The van der Waals surface area contributed by atoms with E-state index in [1.807, 2.05) is 13.0 Å². The van der Waals surface area contributed by atoms with Gasteiger partial charge in [-0.1, -0.05) is 6.07 Å². The summed E-state index contributed by atoms with van der Waals surface area (Å²) in [4.78, 5) is 0.802. The lowest BCUT2D eigenvalue weighted by Gasteiger charge is -2.09. The van der Waals surface area contributed by atoms with E-state index in [1.54, 1.807) is 12.1 Å². The Labute approximate surface area is 120 Å². The molecular formula is C12H9Br2FOS. The first-order valence-electron chi connectivity index (χ1n) is 4.88. The van der Waals surface area contributed by atoms with Gasteiger partial charge in [0.15, 0.2) is 0 Å². The Morgan fingerprint density at radius 1 is 1.29 bits per heavy atom. The van der Waals surface area contributed by atoms with E-state index in [0.717, 1.165) is 14.2 Å². The maximum Gasteiger partial charge on any atom is 0.137 e. The molecule has 0 radical (unpaired) electrons. The molecule has 1 atom stereocenters. The molecule has 0 fully saturated rings. The summed E-state index contributed by atoms with van der Waals surface area (Å²) in [6, 6.07) is 6.56. The van der Waals surface area contributed by atoms with E-state index in [-0.39, 0.29) is 5.82 Å². The first kappa shape index (κ1) is 13.2. The molecule has 2 rings (SSSR count). The van der Waals surface area contributed by atoms with Gasteiger partial charge >= 0.3 is 0 Å². The summed E-state index contributed by atoms with van der Waals surface area (Å²) in [5, 5.41) is 10.2. The molecule has 1 unspecified atom stereocenters. The van der Waals surface area contributed by atoms with Crippen LogP contribution in [0.5, 0.6) is 0 Å². The maximum absolute atomic E-state index is 13.4. The molecule has 1 aromatic heterocycles. The van der Waals surface area contributed by atoms with Crippen LogP contribution in [0.25, 0.3) is 0 Å². The van der Waals surface area contributed by atoms with Crippen LogP contribution in [-0.2, 0) is 0 Å². The van der Waals surface area contributed by atoms with Crippen molar-refractivity contribution in [3.63, 3.8) is 0 Å². The van der Waals surface area contributed by atoms with Crippen molar-refractivity contribution in [2.24, 2.45) is 0 Å². The predicted octanol–water partition coefficient (Wildman–Crippen LogP) is 4.80. The second kappa shape index (κ2) is 5.18. The van der Waals surface area contributed by atoms with Crippen molar-refractivity contribution >= 4 is 43.2 Å². The number of rotatable bonds is 2. The van der Waals surface area contributed by atoms with Crippen LogP contribution in [0.3, 0.4) is 0 Å². The fraction of sp³-hybridized carbons (Fsp3) is 0.167. The molecule has 1 N–H and O–H groups in total. The van der Waals surface area contributed by atoms with Crippen molar-refractivity contribution in [1.82, 2.24) is 0 Å². The molecule has 0 spiro atoms. The molecule has 0 amide bonds. The fourth-order valence-corrected chi connectivity index (χ4v) is 3.30. The third-order valence-corrected chi connectivity index (χ3v) is 5.24. The lowest BCUT2D eigenvalue weighted by Crippen LogP contribution is -1.97. The van der Waals surface area contributed by atoms with Crippen molar-refractivity contribution < 1.29 is 9.50 Å². The van der Waals surface area contributed by atoms with Crippen molar-refractivity contribution in [3.05, 3.63) is 54.3 Å². The molecule has 0 aliphatic carbocycles. The van der Waals surface area contributed by atoms with Crippen molar-refractivity contribution in [2.45, 2.75) is 13.0 Å². The minimum atomic E-state index is -0.785.